The minimum atomic E-state index is -0.537. The zero-order chi connectivity index (χ0) is 22.7. The van der Waals surface area contributed by atoms with Crippen LogP contribution in [0.1, 0.15) is 65.0 Å². The first-order valence-electron chi connectivity index (χ1n) is 12.3. The van der Waals surface area contributed by atoms with Crippen LogP contribution in [0.2, 0.25) is 0 Å². The molecule has 1 spiro atoms. The molecular formula is C31H36O. The molecule has 0 saturated heterocycles. The van der Waals surface area contributed by atoms with E-state index in [0.29, 0.717) is 0 Å². The number of allylic oxidation sites excluding steroid dienone is 6. The summed E-state index contributed by atoms with van der Waals surface area (Å²) in [5.41, 5.74) is 9.51. The molecule has 0 fully saturated rings. The molecule has 1 atom stereocenters. The lowest BCUT2D eigenvalue weighted by molar-refractivity contribution is 0.149. The van der Waals surface area contributed by atoms with Crippen molar-refractivity contribution in [1.29, 1.82) is 0 Å². The summed E-state index contributed by atoms with van der Waals surface area (Å²) in [6.45, 7) is 9.15. The van der Waals surface area contributed by atoms with Gasteiger partial charge in [-0.05, 0) is 64.7 Å². The normalized spacial score (nSPS) is 18.8. The second-order valence-electron chi connectivity index (χ2n) is 8.93. The van der Waals surface area contributed by atoms with Gasteiger partial charge in [-0.3, -0.25) is 0 Å². The van der Waals surface area contributed by atoms with Crippen LogP contribution in [0, 0.1) is 11.3 Å². The molecule has 2 aromatic rings. The van der Waals surface area contributed by atoms with Crippen LogP contribution in [0.4, 0.5) is 0 Å². The molecule has 0 radical (unpaired) electrons. The van der Waals surface area contributed by atoms with Gasteiger partial charge < -0.3 is 5.11 Å². The SMILES string of the molecule is CCC1=C(CC)C2(C=CC(C(O)c3ccc(-c4ccccc4)cc3)C=C2)C(CC)=C1CC. The molecule has 2 aliphatic rings. The van der Waals surface area contributed by atoms with E-state index in [0.717, 1.165) is 31.2 Å². The Morgan fingerprint density at radius 3 is 1.66 bits per heavy atom. The summed E-state index contributed by atoms with van der Waals surface area (Å²) in [4.78, 5) is 0. The zero-order valence-corrected chi connectivity index (χ0v) is 19.9. The van der Waals surface area contributed by atoms with Crippen LogP contribution < -0.4 is 0 Å². The van der Waals surface area contributed by atoms with Gasteiger partial charge in [0.25, 0.3) is 0 Å². The summed E-state index contributed by atoms with van der Waals surface area (Å²) in [6, 6.07) is 18.7. The maximum atomic E-state index is 11.2. The van der Waals surface area contributed by atoms with Gasteiger partial charge in [0, 0.05) is 11.3 Å². The van der Waals surface area contributed by atoms with Gasteiger partial charge >= 0.3 is 0 Å². The minimum Gasteiger partial charge on any atom is -0.387 e. The molecular weight excluding hydrogens is 388 g/mol. The number of aliphatic hydroxyl groups is 1. The van der Waals surface area contributed by atoms with E-state index in [1.165, 1.54) is 11.1 Å². The average Bonchev–Trinajstić information content (AvgIpc) is 3.11. The topological polar surface area (TPSA) is 20.2 Å². The summed E-state index contributed by atoms with van der Waals surface area (Å²) in [7, 11) is 0. The van der Waals surface area contributed by atoms with E-state index in [1.54, 1.807) is 22.3 Å². The van der Waals surface area contributed by atoms with Gasteiger partial charge in [-0.25, -0.2) is 0 Å². The van der Waals surface area contributed by atoms with Crippen LogP contribution in [0.15, 0.2) is 101 Å². The molecule has 1 heteroatoms. The molecule has 166 valence electrons. The van der Waals surface area contributed by atoms with Crippen LogP contribution >= 0.6 is 0 Å². The zero-order valence-electron chi connectivity index (χ0n) is 19.9. The number of rotatable bonds is 7. The molecule has 0 amide bonds. The maximum absolute atomic E-state index is 11.2. The van der Waals surface area contributed by atoms with E-state index in [4.69, 9.17) is 0 Å². The van der Waals surface area contributed by atoms with Gasteiger partial charge in [0.15, 0.2) is 0 Å². The highest BCUT2D eigenvalue weighted by atomic mass is 16.3. The summed E-state index contributed by atoms with van der Waals surface area (Å²) >= 11 is 0. The molecule has 2 aliphatic carbocycles. The van der Waals surface area contributed by atoms with Crippen LogP contribution in [-0.2, 0) is 0 Å². The third-order valence-electron chi connectivity index (χ3n) is 7.39. The van der Waals surface area contributed by atoms with Gasteiger partial charge in [0.1, 0.15) is 0 Å². The minimum absolute atomic E-state index is 0.00448. The third kappa shape index (κ3) is 3.73. The number of hydrogen-bond acceptors (Lipinski definition) is 1. The van der Waals surface area contributed by atoms with Gasteiger partial charge in [-0.1, -0.05) is 107 Å². The number of hydrogen-bond donors (Lipinski definition) is 1. The van der Waals surface area contributed by atoms with E-state index in [9.17, 15) is 5.11 Å². The van der Waals surface area contributed by atoms with Crippen molar-refractivity contribution < 1.29 is 5.11 Å². The lowest BCUT2D eigenvalue weighted by Gasteiger charge is -2.34. The Morgan fingerprint density at radius 2 is 1.19 bits per heavy atom. The summed E-state index contributed by atoms with van der Waals surface area (Å²) < 4.78 is 0. The van der Waals surface area contributed by atoms with Crippen LogP contribution in [-0.4, -0.2) is 5.11 Å². The molecule has 32 heavy (non-hydrogen) atoms. The Hall–Kier alpha value is -2.64. The first kappa shape index (κ1) is 22.6. The van der Waals surface area contributed by atoms with E-state index in [-0.39, 0.29) is 11.3 Å². The molecule has 0 aromatic heterocycles. The summed E-state index contributed by atoms with van der Waals surface area (Å²) in [5.74, 6) is -0.00448. The summed E-state index contributed by atoms with van der Waals surface area (Å²) in [6.07, 6.45) is 13.0. The maximum Gasteiger partial charge on any atom is 0.0887 e. The van der Waals surface area contributed by atoms with Crippen LogP contribution in [0.25, 0.3) is 11.1 Å². The Labute approximate surface area is 193 Å². The van der Waals surface area contributed by atoms with Gasteiger partial charge in [0.05, 0.1) is 6.10 Å². The monoisotopic (exact) mass is 424 g/mol. The van der Waals surface area contributed by atoms with Crippen LogP contribution in [0.5, 0.6) is 0 Å². The Morgan fingerprint density at radius 1 is 0.688 bits per heavy atom. The molecule has 0 saturated carbocycles. The quantitative estimate of drug-likeness (QED) is 0.443. The predicted molar refractivity (Wildman–Crippen MR) is 136 cm³/mol. The third-order valence-corrected chi connectivity index (χ3v) is 7.39. The highest BCUT2D eigenvalue weighted by molar-refractivity contribution is 5.64. The Kier molecular flexibility index (Phi) is 6.67. The predicted octanol–water partition coefficient (Wildman–Crippen LogP) is 8.36. The van der Waals surface area contributed by atoms with Crippen molar-refractivity contribution in [3.63, 3.8) is 0 Å². The standard InChI is InChI=1S/C31H36O/c1-5-26-27(6-2)29(8-4)31(28(26)7-3)20-18-25(19-21-31)30(32)24-16-14-23(15-17-24)22-12-10-9-11-13-22/h9-21,25,30,32H,5-8H2,1-4H3. The first-order valence-corrected chi connectivity index (χ1v) is 12.3. The van der Waals surface area contributed by atoms with Crippen molar-refractivity contribution in [3.05, 3.63) is 107 Å². The average molecular weight is 425 g/mol. The highest BCUT2D eigenvalue weighted by Gasteiger charge is 2.42. The second-order valence-corrected chi connectivity index (χ2v) is 8.93. The summed E-state index contributed by atoms with van der Waals surface area (Å²) in [5, 5.41) is 11.2. The van der Waals surface area contributed by atoms with E-state index >= 15 is 0 Å². The Bertz CT molecular complexity index is 1020. The molecule has 0 heterocycles. The van der Waals surface area contributed by atoms with Crippen molar-refractivity contribution in [1.82, 2.24) is 0 Å². The largest absolute Gasteiger partial charge is 0.387 e. The molecule has 0 aliphatic heterocycles. The number of aliphatic hydroxyl groups excluding tert-OH is 1. The second kappa shape index (κ2) is 9.46. The highest BCUT2D eigenvalue weighted by Crippen LogP contribution is 2.55. The molecule has 2 aromatic carbocycles. The molecule has 1 unspecified atom stereocenters. The molecule has 4 rings (SSSR count). The van der Waals surface area contributed by atoms with Crippen molar-refractivity contribution in [2.45, 2.75) is 59.5 Å². The van der Waals surface area contributed by atoms with E-state index < -0.39 is 6.10 Å². The van der Waals surface area contributed by atoms with E-state index in [1.807, 2.05) is 6.07 Å². The molecule has 1 nitrogen and oxygen atoms in total. The number of benzene rings is 2. The van der Waals surface area contributed by atoms with Crippen molar-refractivity contribution in [3.8, 4) is 11.1 Å². The van der Waals surface area contributed by atoms with Crippen LogP contribution in [0.3, 0.4) is 0 Å². The fraction of sp³-hybridized carbons (Fsp3) is 0.355. The van der Waals surface area contributed by atoms with Crippen molar-refractivity contribution in [2.24, 2.45) is 11.3 Å². The van der Waals surface area contributed by atoms with Crippen molar-refractivity contribution in [2.75, 3.05) is 0 Å². The van der Waals surface area contributed by atoms with Gasteiger partial charge in [-0.2, -0.15) is 0 Å². The fourth-order valence-corrected chi connectivity index (χ4v) is 5.90. The smallest absolute Gasteiger partial charge is 0.0887 e. The first-order chi connectivity index (χ1) is 15.6. The van der Waals surface area contributed by atoms with Gasteiger partial charge in [0.2, 0.25) is 0 Å². The van der Waals surface area contributed by atoms with E-state index in [2.05, 4.69) is 101 Å². The molecule has 0 bridgehead atoms. The lowest BCUT2D eigenvalue weighted by Crippen LogP contribution is -2.23. The molecule has 1 N–H and O–H groups in total. The fourth-order valence-electron chi connectivity index (χ4n) is 5.90. The lowest BCUT2D eigenvalue weighted by atomic mass is 9.70. The van der Waals surface area contributed by atoms with Gasteiger partial charge in [-0.15, -0.1) is 0 Å². The Balaban J connectivity index is 1.60. The van der Waals surface area contributed by atoms with Crippen molar-refractivity contribution >= 4 is 0 Å².